The smallest absolute Gasteiger partial charge is 0.320 e. The number of ketones is 1. The Kier molecular flexibility index (Phi) is 5.25. The van der Waals surface area contributed by atoms with Crippen LogP contribution in [-0.4, -0.2) is 35.6 Å². The molecule has 0 rings (SSSR count). The van der Waals surface area contributed by atoms with E-state index >= 15 is 0 Å². The Balaban J connectivity index is 3.67. The van der Waals surface area contributed by atoms with Gasteiger partial charge in [-0.15, -0.1) is 0 Å². The maximum Gasteiger partial charge on any atom is 0.320 e. The fraction of sp³-hybridized carbons (Fsp3) is 0.750. The predicted octanol–water partition coefficient (Wildman–Crippen LogP) is -0.217. The monoisotopic (exact) mass is 189 g/mol. The van der Waals surface area contributed by atoms with E-state index < -0.39 is 12.0 Å². The summed E-state index contributed by atoms with van der Waals surface area (Å²) in [6.07, 6.45) is -0.0993. The first-order valence-corrected chi connectivity index (χ1v) is 4.03. The highest BCUT2D eigenvalue weighted by atomic mass is 16.5. The number of nitrogens with two attached hydrogens (primary N) is 1. The van der Waals surface area contributed by atoms with Crippen molar-refractivity contribution in [3.05, 3.63) is 0 Å². The quantitative estimate of drug-likeness (QED) is 0.603. The molecule has 13 heavy (non-hydrogen) atoms. The van der Waals surface area contributed by atoms with E-state index in [0.717, 1.165) is 0 Å². The number of ether oxygens (including phenoxy) is 1. The first kappa shape index (κ1) is 12.1. The number of carbonyl (C=O) groups excluding carboxylic acids is 1. The van der Waals surface area contributed by atoms with Crippen LogP contribution in [0.1, 0.15) is 20.3 Å². The van der Waals surface area contributed by atoms with E-state index in [-0.39, 0.29) is 24.9 Å². The Morgan fingerprint density at radius 1 is 1.54 bits per heavy atom. The van der Waals surface area contributed by atoms with Crippen LogP contribution in [0.25, 0.3) is 0 Å². The Morgan fingerprint density at radius 3 is 2.46 bits per heavy atom. The van der Waals surface area contributed by atoms with Crippen molar-refractivity contribution in [3.63, 3.8) is 0 Å². The summed E-state index contributed by atoms with van der Waals surface area (Å²) in [5.74, 6) is -1.14. The van der Waals surface area contributed by atoms with Crippen molar-refractivity contribution < 1.29 is 19.4 Å². The number of rotatable bonds is 6. The minimum atomic E-state index is -1.06. The summed E-state index contributed by atoms with van der Waals surface area (Å²) < 4.78 is 5.03. The molecule has 0 bridgehead atoms. The largest absolute Gasteiger partial charge is 0.480 e. The van der Waals surface area contributed by atoms with Crippen molar-refractivity contribution in [2.75, 3.05) is 6.61 Å². The van der Waals surface area contributed by atoms with Gasteiger partial charge in [0.1, 0.15) is 12.6 Å². The third kappa shape index (κ3) is 6.24. The molecule has 0 aliphatic carbocycles. The van der Waals surface area contributed by atoms with Gasteiger partial charge in [-0.2, -0.15) is 0 Å². The Labute approximate surface area is 76.9 Å². The number of carboxylic acid groups (broad SMARTS) is 1. The molecule has 76 valence electrons. The maximum absolute atomic E-state index is 10.5. The number of hydrogen-bond acceptors (Lipinski definition) is 4. The molecule has 0 aliphatic heterocycles. The number of carboxylic acids is 1. The molecule has 5 nitrogen and oxygen atoms in total. The Bertz CT molecular complexity index is 193. The lowest BCUT2D eigenvalue weighted by atomic mass is 10.1. The van der Waals surface area contributed by atoms with Crippen molar-refractivity contribution in [2.45, 2.75) is 32.4 Å². The molecular weight excluding hydrogens is 174 g/mol. The van der Waals surface area contributed by atoms with Crippen LogP contribution < -0.4 is 5.73 Å². The van der Waals surface area contributed by atoms with Gasteiger partial charge in [0.2, 0.25) is 0 Å². The summed E-state index contributed by atoms with van der Waals surface area (Å²) in [5.41, 5.74) is 5.26. The summed E-state index contributed by atoms with van der Waals surface area (Å²) in [5, 5.41) is 8.46. The highest BCUT2D eigenvalue weighted by Crippen LogP contribution is 2.00. The van der Waals surface area contributed by atoms with Crippen molar-refractivity contribution in [3.8, 4) is 0 Å². The molecule has 0 spiro atoms. The van der Waals surface area contributed by atoms with E-state index in [1.807, 2.05) is 0 Å². The van der Waals surface area contributed by atoms with Crippen LogP contribution in [0.5, 0.6) is 0 Å². The van der Waals surface area contributed by atoms with Crippen molar-refractivity contribution in [2.24, 2.45) is 5.73 Å². The van der Waals surface area contributed by atoms with E-state index in [1.54, 1.807) is 6.92 Å². The van der Waals surface area contributed by atoms with Crippen LogP contribution in [0.4, 0.5) is 0 Å². The summed E-state index contributed by atoms with van der Waals surface area (Å²) in [4.78, 5) is 20.8. The molecule has 0 saturated heterocycles. The van der Waals surface area contributed by atoms with Crippen molar-refractivity contribution >= 4 is 11.8 Å². The van der Waals surface area contributed by atoms with E-state index in [2.05, 4.69) is 0 Å². The second-order valence-corrected chi connectivity index (χ2v) is 3.00. The van der Waals surface area contributed by atoms with Gasteiger partial charge in [-0.25, -0.2) is 0 Å². The lowest BCUT2D eigenvalue weighted by Crippen LogP contribution is -2.34. The third-order valence-electron chi connectivity index (χ3n) is 1.47. The van der Waals surface area contributed by atoms with E-state index in [9.17, 15) is 9.59 Å². The molecule has 0 amide bonds. The molecule has 0 fully saturated rings. The van der Waals surface area contributed by atoms with Crippen molar-refractivity contribution in [1.82, 2.24) is 0 Å². The lowest BCUT2D eigenvalue weighted by molar-refractivity contribution is -0.139. The zero-order chi connectivity index (χ0) is 10.4. The van der Waals surface area contributed by atoms with Gasteiger partial charge in [0.15, 0.2) is 5.78 Å². The van der Waals surface area contributed by atoms with Crippen LogP contribution in [0.2, 0.25) is 0 Å². The van der Waals surface area contributed by atoms with Crippen LogP contribution in [-0.2, 0) is 14.3 Å². The van der Waals surface area contributed by atoms with Crippen LogP contribution >= 0.6 is 0 Å². The Morgan fingerprint density at radius 2 is 2.08 bits per heavy atom. The highest BCUT2D eigenvalue weighted by molar-refractivity contribution is 5.76. The molecule has 0 aliphatic rings. The summed E-state index contributed by atoms with van der Waals surface area (Å²) in [6.45, 7) is 3.10. The van der Waals surface area contributed by atoms with Gasteiger partial charge >= 0.3 is 5.97 Å². The maximum atomic E-state index is 10.5. The molecule has 0 radical (unpaired) electrons. The summed E-state index contributed by atoms with van der Waals surface area (Å²) >= 11 is 0. The van der Waals surface area contributed by atoms with Gasteiger partial charge in [0, 0.05) is 0 Å². The topological polar surface area (TPSA) is 89.6 Å². The average molecular weight is 189 g/mol. The number of Topliss-reactive ketones (excluding diaryl/α,β-unsaturated/α-hetero) is 1. The van der Waals surface area contributed by atoms with Gasteiger partial charge in [-0.1, -0.05) is 0 Å². The first-order chi connectivity index (χ1) is 5.93. The molecule has 5 heteroatoms. The van der Waals surface area contributed by atoms with Gasteiger partial charge in [-0.3, -0.25) is 9.59 Å². The standard InChI is InChI=1S/C8H15NO4/c1-5(10)4-13-6(2)3-7(9)8(11)12/h6-7H,3-4,9H2,1-2H3,(H,11,12)/t6?,7-/m0/s1. The second kappa shape index (κ2) is 5.66. The summed E-state index contributed by atoms with van der Waals surface area (Å²) in [6, 6.07) is -0.929. The third-order valence-corrected chi connectivity index (χ3v) is 1.47. The zero-order valence-corrected chi connectivity index (χ0v) is 7.82. The van der Waals surface area contributed by atoms with Crippen LogP contribution in [0, 0.1) is 0 Å². The van der Waals surface area contributed by atoms with Crippen LogP contribution in [0.3, 0.4) is 0 Å². The molecule has 0 saturated carbocycles. The van der Waals surface area contributed by atoms with Gasteiger partial charge < -0.3 is 15.6 Å². The fourth-order valence-electron chi connectivity index (χ4n) is 0.786. The molecule has 3 N–H and O–H groups in total. The van der Waals surface area contributed by atoms with E-state index in [4.69, 9.17) is 15.6 Å². The molecular formula is C8H15NO4. The zero-order valence-electron chi connectivity index (χ0n) is 7.82. The lowest BCUT2D eigenvalue weighted by Gasteiger charge is -2.13. The highest BCUT2D eigenvalue weighted by Gasteiger charge is 2.15. The molecule has 0 aromatic carbocycles. The molecule has 1 unspecified atom stereocenters. The second-order valence-electron chi connectivity index (χ2n) is 3.00. The Hall–Kier alpha value is -0.940. The number of hydrogen-bond donors (Lipinski definition) is 2. The number of carbonyl (C=O) groups is 2. The molecule has 2 atom stereocenters. The minimum absolute atomic E-state index is 0.00745. The van der Waals surface area contributed by atoms with E-state index in [0.29, 0.717) is 0 Å². The predicted molar refractivity (Wildman–Crippen MR) is 46.3 cm³/mol. The van der Waals surface area contributed by atoms with Gasteiger partial charge in [0.25, 0.3) is 0 Å². The van der Waals surface area contributed by atoms with Gasteiger partial charge in [0.05, 0.1) is 6.10 Å². The SMILES string of the molecule is CC(=O)COC(C)C[C@H](N)C(=O)O. The van der Waals surface area contributed by atoms with E-state index in [1.165, 1.54) is 6.92 Å². The van der Waals surface area contributed by atoms with Gasteiger partial charge in [-0.05, 0) is 20.3 Å². The number of aliphatic carboxylic acids is 1. The summed E-state index contributed by atoms with van der Waals surface area (Å²) in [7, 11) is 0. The molecule has 0 aromatic heterocycles. The normalized spacial score (nSPS) is 15.0. The van der Waals surface area contributed by atoms with Crippen molar-refractivity contribution in [1.29, 1.82) is 0 Å². The minimum Gasteiger partial charge on any atom is -0.480 e. The average Bonchev–Trinajstić information content (AvgIpc) is 2.00. The first-order valence-electron chi connectivity index (χ1n) is 4.03. The molecule has 0 heterocycles. The molecule has 0 aromatic rings. The fourth-order valence-corrected chi connectivity index (χ4v) is 0.786. The van der Waals surface area contributed by atoms with Crippen LogP contribution in [0.15, 0.2) is 0 Å².